The molecule has 2 aromatic rings. The van der Waals surface area contributed by atoms with E-state index in [1.165, 1.54) is 22.4 Å². The first-order valence-corrected chi connectivity index (χ1v) is 13.1. The average Bonchev–Trinajstić information content (AvgIpc) is 3.20. The number of rotatable bonds is 6. The molecule has 2 aliphatic heterocycles. The Morgan fingerprint density at radius 3 is 2.58 bits per heavy atom. The molecule has 2 aliphatic rings. The van der Waals surface area contributed by atoms with Crippen LogP contribution in [0.2, 0.25) is 0 Å². The zero-order valence-electron chi connectivity index (χ0n) is 23.4. The van der Waals surface area contributed by atoms with Crippen LogP contribution in [0.3, 0.4) is 0 Å². The molecule has 0 atom stereocenters. The van der Waals surface area contributed by atoms with Crippen molar-refractivity contribution in [2.75, 3.05) is 13.1 Å². The Hall–Kier alpha value is -2.93. The van der Waals surface area contributed by atoms with Gasteiger partial charge >= 0.3 is 0 Å². The van der Waals surface area contributed by atoms with Crippen molar-refractivity contribution < 1.29 is 4.79 Å². The van der Waals surface area contributed by atoms with Crippen LogP contribution >= 0.6 is 0 Å². The predicted octanol–water partition coefficient (Wildman–Crippen LogP) is 5.28. The van der Waals surface area contributed by atoms with Crippen LogP contribution in [0.1, 0.15) is 97.2 Å². The Bertz CT molecular complexity index is 1290. The number of carbonyl (C=O) groups is 1. The van der Waals surface area contributed by atoms with Crippen LogP contribution in [0.4, 0.5) is 0 Å². The SMILES string of the molecule is CCC1=C(C)NCC(CNC(=O)c2cc(C3=CC(C)(C)NC(C)(C)C3)nc3c2cnn3C(C)C)=C1C. The van der Waals surface area contributed by atoms with Crippen molar-refractivity contribution in [3.05, 3.63) is 52.0 Å². The first-order valence-electron chi connectivity index (χ1n) is 13.1. The van der Waals surface area contributed by atoms with Gasteiger partial charge in [0.1, 0.15) is 0 Å². The lowest BCUT2D eigenvalue weighted by molar-refractivity contribution is 0.0958. The molecule has 36 heavy (non-hydrogen) atoms. The molecule has 0 radical (unpaired) electrons. The third-order valence-electron chi connectivity index (χ3n) is 7.28. The van der Waals surface area contributed by atoms with Gasteiger partial charge in [-0.3, -0.25) is 4.79 Å². The van der Waals surface area contributed by atoms with E-state index >= 15 is 0 Å². The van der Waals surface area contributed by atoms with Gasteiger partial charge in [0.25, 0.3) is 5.91 Å². The van der Waals surface area contributed by atoms with Crippen LogP contribution < -0.4 is 16.0 Å². The highest BCUT2D eigenvalue weighted by Crippen LogP contribution is 2.34. The van der Waals surface area contributed by atoms with Crippen LogP contribution in [0.15, 0.2) is 40.8 Å². The van der Waals surface area contributed by atoms with E-state index in [2.05, 4.69) is 89.4 Å². The van der Waals surface area contributed by atoms with E-state index in [-0.39, 0.29) is 23.0 Å². The van der Waals surface area contributed by atoms with E-state index in [1.807, 2.05) is 10.7 Å². The standard InChI is InChI=1S/C29H42N6O/c1-10-22-18(4)21(14-30-19(22)5)15-31-27(36)23-11-25(20-12-28(6,7)34-29(8,9)13-20)33-26-24(23)16-32-35(26)17(2)3/h11-12,16-17,30,34H,10,13-15H2,1-9H3,(H,31,36). The van der Waals surface area contributed by atoms with E-state index in [4.69, 9.17) is 4.98 Å². The van der Waals surface area contributed by atoms with Crippen molar-refractivity contribution in [2.45, 2.75) is 92.3 Å². The Balaban J connectivity index is 1.74. The number of amides is 1. The van der Waals surface area contributed by atoms with Gasteiger partial charge in [0, 0.05) is 35.9 Å². The van der Waals surface area contributed by atoms with Gasteiger partial charge in [0.15, 0.2) is 5.65 Å². The number of allylic oxidation sites excluding steroid dienone is 3. The summed E-state index contributed by atoms with van der Waals surface area (Å²) in [6.07, 6.45) is 5.82. The van der Waals surface area contributed by atoms with Crippen LogP contribution in [0, 0.1) is 0 Å². The van der Waals surface area contributed by atoms with Gasteiger partial charge in [-0.05, 0) is 96.6 Å². The Morgan fingerprint density at radius 1 is 1.22 bits per heavy atom. The Kier molecular flexibility index (Phi) is 6.90. The van der Waals surface area contributed by atoms with E-state index in [1.54, 1.807) is 6.20 Å². The minimum atomic E-state index is -0.172. The molecule has 4 heterocycles. The third-order valence-corrected chi connectivity index (χ3v) is 7.28. The highest BCUT2D eigenvalue weighted by Gasteiger charge is 2.33. The molecule has 0 unspecified atom stereocenters. The average molecular weight is 491 g/mol. The van der Waals surface area contributed by atoms with Crippen LogP contribution in [-0.2, 0) is 0 Å². The van der Waals surface area contributed by atoms with Gasteiger partial charge in [0.05, 0.1) is 22.8 Å². The molecule has 0 bridgehead atoms. The molecule has 0 saturated heterocycles. The second kappa shape index (κ2) is 9.51. The molecule has 0 aromatic carbocycles. The van der Waals surface area contributed by atoms with Gasteiger partial charge < -0.3 is 16.0 Å². The number of carbonyl (C=O) groups excluding carboxylic acids is 1. The maximum absolute atomic E-state index is 13.6. The van der Waals surface area contributed by atoms with E-state index in [0.29, 0.717) is 12.1 Å². The second-order valence-electron chi connectivity index (χ2n) is 11.8. The molecule has 0 spiro atoms. The summed E-state index contributed by atoms with van der Waals surface area (Å²) in [4.78, 5) is 18.7. The number of nitrogens with zero attached hydrogens (tertiary/aromatic N) is 3. The highest BCUT2D eigenvalue weighted by molar-refractivity contribution is 6.06. The fourth-order valence-corrected chi connectivity index (χ4v) is 5.81. The molecule has 0 saturated carbocycles. The number of dihydropyridines is 1. The zero-order chi connectivity index (χ0) is 26.4. The Labute approximate surface area is 215 Å². The minimum absolute atomic E-state index is 0.0778. The fraction of sp³-hybridized carbons (Fsp3) is 0.552. The molecule has 1 amide bonds. The lowest BCUT2D eigenvalue weighted by Gasteiger charge is -2.41. The largest absolute Gasteiger partial charge is 0.385 e. The smallest absolute Gasteiger partial charge is 0.252 e. The first-order chi connectivity index (χ1) is 16.8. The van der Waals surface area contributed by atoms with Crippen LogP contribution in [-0.4, -0.2) is 44.8 Å². The molecular formula is C29H42N6O. The van der Waals surface area contributed by atoms with Crippen molar-refractivity contribution in [3.8, 4) is 0 Å². The zero-order valence-corrected chi connectivity index (χ0v) is 23.4. The molecule has 0 aliphatic carbocycles. The quantitative estimate of drug-likeness (QED) is 0.513. The van der Waals surface area contributed by atoms with Crippen molar-refractivity contribution in [3.63, 3.8) is 0 Å². The van der Waals surface area contributed by atoms with E-state index in [9.17, 15) is 4.79 Å². The van der Waals surface area contributed by atoms with Crippen molar-refractivity contribution >= 4 is 22.5 Å². The maximum Gasteiger partial charge on any atom is 0.252 e. The van der Waals surface area contributed by atoms with Crippen molar-refractivity contribution in [1.82, 2.24) is 30.7 Å². The summed E-state index contributed by atoms with van der Waals surface area (Å²) in [5.41, 5.74) is 8.20. The summed E-state index contributed by atoms with van der Waals surface area (Å²) in [6.45, 7) is 20.7. The molecule has 3 N–H and O–H groups in total. The first kappa shape index (κ1) is 26.1. The topological polar surface area (TPSA) is 83.9 Å². The molecule has 2 aromatic heterocycles. The summed E-state index contributed by atoms with van der Waals surface area (Å²) < 4.78 is 1.91. The maximum atomic E-state index is 13.6. The number of aromatic nitrogens is 3. The normalized spacial score (nSPS) is 19.6. The number of pyridine rings is 1. The molecular weight excluding hydrogens is 448 g/mol. The summed E-state index contributed by atoms with van der Waals surface area (Å²) in [5.74, 6) is -0.0929. The summed E-state index contributed by atoms with van der Waals surface area (Å²) in [7, 11) is 0. The van der Waals surface area contributed by atoms with Crippen molar-refractivity contribution in [2.24, 2.45) is 0 Å². The Morgan fingerprint density at radius 2 is 1.94 bits per heavy atom. The molecule has 0 fully saturated rings. The predicted molar refractivity (Wildman–Crippen MR) is 148 cm³/mol. The van der Waals surface area contributed by atoms with E-state index < -0.39 is 0 Å². The lowest BCUT2D eigenvalue weighted by atomic mass is 9.82. The molecule has 4 rings (SSSR count). The number of nitrogens with one attached hydrogen (secondary N) is 3. The van der Waals surface area contributed by atoms with Crippen LogP contribution in [0.25, 0.3) is 16.6 Å². The highest BCUT2D eigenvalue weighted by atomic mass is 16.1. The number of hydrogen-bond donors (Lipinski definition) is 3. The van der Waals surface area contributed by atoms with Gasteiger partial charge in [-0.15, -0.1) is 0 Å². The van der Waals surface area contributed by atoms with Gasteiger partial charge in [-0.25, -0.2) is 9.67 Å². The lowest BCUT2D eigenvalue weighted by Crippen LogP contribution is -2.53. The van der Waals surface area contributed by atoms with Crippen LogP contribution in [0.5, 0.6) is 0 Å². The third kappa shape index (κ3) is 5.12. The van der Waals surface area contributed by atoms with Gasteiger partial charge in [-0.1, -0.05) is 13.0 Å². The van der Waals surface area contributed by atoms with Gasteiger partial charge in [-0.2, -0.15) is 5.10 Å². The molecule has 7 nitrogen and oxygen atoms in total. The minimum Gasteiger partial charge on any atom is -0.385 e. The summed E-state index contributed by atoms with van der Waals surface area (Å²) in [5, 5.41) is 15.7. The summed E-state index contributed by atoms with van der Waals surface area (Å²) in [6, 6.07) is 2.09. The summed E-state index contributed by atoms with van der Waals surface area (Å²) >= 11 is 0. The second-order valence-corrected chi connectivity index (χ2v) is 11.8. The van der Waals surface area contributed by atoms with Crippen molar-refractivity contribution in [1.29, 1.82) is 0 Å². The van der Waals surface area contributed by atoms with E-state index in [0.717, 1.165) is 41.7 Å². The molecule has 194 valence electrons. The molecule has 7 heteroatoms. The number of hydrogen-bond acceptors (Lipinski definition) is 5. The van der Waals surface area contributed by atoms with Gasteiger partial charge in [0.2, 0.25) is 0 Å². The number of fused-ring (bicyclic) bond motifs is 1. The fourth-order valence-electron chi connectivity index (χ4n) is 5.81. The monoisotopic (exact) mass is 490 g/mol.